The van der Waals surface area contributed by atoms with Crippen molar-refractivity contribution in [1.82, 2.24) is 10.2 Å². The monoisotopic (exact) mass is 483 g/mol. The molecule has 0 unspecified atom stereocenters. The predicted molar refractivity (Wildman–Crippen MR) is 133 cm³/mol. The Balaban J connectivity index is 1.74. The molecule has 0 saturated carbocycles. The van der Waals surface area contributed by atoms with E-state index >= 15 is 0 Å². The van der Waals surface area contributed by atoms with Gasteiger partial charge in [0.1, 0.15) is 12.4 Å². The summed E-state index contributed by atoms with van der Waals surface area (Å²) in [4.78, 5) is 29.0. The molecule has 1 heterocycles. The minimum atomic E-state index is -0.169. The number of amides is 2. The largest absolute Gasteiger partial charge is 0.489 e. The lowest BCUT2D eigenvalue weighted by molar-refractivity contribution is -0.123. The lowest BCUT2D eigenvalue weighted by Crippen LogP contribution is -2.42. The Hall–Kier alpha value is -3.56. The number of carbonyl (C=O) groups excluding carboxylic acids is 2. The summed E-state index contributed by atoms with van der Waals surface area (Å²) in [5, 5.41) is 2.84. The molecule has 1 aliphatic rings. The van der Waals surface area contributed by atoms with Crippen molar-refractivity contribution in [1.29, 1.82) is 0 Å². The quantitative estimate of drug-likeness (QED) is 0.326. The smallest absolute Gasteiger partial charge is 0.241 e. The Morgan fingerprint density at radius 1 is 1.14 bits per heavy atom. The van der Waals surface area contributed by atoms with Crippen LogP contribution in [0, 0.1) is 0 Å². The zero-order valence-electron chi connectivity index (χ0n) is 20.3. The number of carbonyl (C=O) groups is 2. The van der Waals surface area contributed by atoms with Crippen LogP contribution in [-0.2, 0) is 20.9 Å². The molecule has 0 spiro atoms. The molecule has 9 nitrogen and oxygen atoms in total. The van der Waals surface area contributed by atoms with Crippen molar-refractivity contribution in [3.05, 3.63) is 60.7 Å². The van der Waals surface area contributed by atoms with Crippen LogP contribution in [0.15, 0.2) is 55.1 Å². The molecule has 2 aromatic carbocycles. The van der Waals surface area contributed by atoms with Gasteiger partial charge in [-0.15, -0.1) is 0 Å². The van der Waals surface area contributed by atoms with Crippen molar-refractivity contribution >= 4 is 17.5 Å². The van der Waals surface area contributed by atoms with Gasteiger partial charge in [-0.25, -0.2) is 0 Å². The summed E-state index contributed by atoms with van der Waals surface area (Å²) in [5.41, 5.74) is 1.51. The Bertz CT molecular complexity index is 1010. The van der Waals surface area contributed by atoms with E-state index in [4.69, 9.17) is 18.9 Å². The number of fused-ring (bicyclic) bond motifs is 1. The Morgan fingerprint density at radius 3 is 2.74 bits per heavy atom. The average Bonchev–Trinajstić information content (AvgIpc) is 3.32. The lowest BCUT2D eigenvalue weighted by Gasteiger charge is -2.26. The maximum absolute atomic E-state index is 13.5. The summed E-state index contributed by atoms with van der Waals surface area (Å²) in [5.74, 6) is 1.58. The van der Waals surface area contributed by atoms with Crippen molar-refractivity contribution in [3.8, 4) is 17.2 Å². The number of hydrogen-bond acceptors (Lipinski definition) is 7. The number of ether oxygens (including phenoxy) is 4. The van der Waals surface area contributed by atoms with Crippen molar-refractivity contribution in [3.63, 3.8) is 0 Å². The van der Waals surface area contributed by atoms with Gasteiger partial charge in [-0.3, -0.25) is 14.5 Å². The van der Waals surface area contributed by atoms with Crippen molar-refractivity contribution in [2.24, 2.45) is 0 Å². The van der Waals surface area contributed by atoms with Crippen LogP contribution >= 0.6 is 0 Å². The Morgan fingerprint density at radius 2 is 1.94 bits per heavy atom. The van der Waals surface area contributed by atoms with Gasteiger partial charge in [0.05, 0.1) is 19.6 Å². The standard InChI is InChI=1S/C26H33N3O6/c1-4-13-33-22-9-6-5-8-20(22)16-29(21-10-11-23-24(15-21)35-19-34-23)26(31)18-28(2)17-25(30)27-12-7-14-32-3/h4-6,8-11,15H,1,7,12-14,16-19H2,2-3H3,(H,27,30). The number of nitrogens with one attached hydrogen (secondary N) is 1. The highest BCUT2D eigenvalue weighted by atomic mass is 16.7. The van der Waals surface area contributed by atoms with Gasteiger partial charge in [-0.05, 0) is 31.7 Å². The molecule has 0 bridgehead atoms. The molecule has 0 aromatic heterocycles. The van der Waals surface area contributed by atoms with Crippen LogP contribution in [0.1, 0.15) is 12.0 Å². The number of nitrogens with zero attached hydrogens (tertiary/aromatic N) is 2. The molecule has 0 atom stereocenters. The molecule has 2 amide bonds. The van der Waals surface area contributed by atoms with E-state index in [9.17, 15) is 9.59 Å². The molecule has 0 fully saturated rings. The third-order valence-electron chi connectivity index (χ3n) is 5.29. The first-order valence-corrected chi connectivity index (χ1v) is 11.5. The zero-order chi connectivity index (χ0) is 25.0. The Labute approximate surface area is 206 Å². The second-order valence-corrected chi connectivity index (χ2v) is 8.09. The molecule has 0 saturated heterocycles. The molecule has 9 heteroatoms. The molecule has 2 aromatic rings. The molecule has 35 heavy (non-hydrogen) atoms. The second kappa shape index (κ2) is 13.4. The fourth-order valence-corrected chi connectivity index (χ4v) is 3.59. The van der Waals surface area contributed by atoms with Crippen LogP contribution in [-0.4, -0.2) is 70.5 Å². The molecule has 0 aliphatic carbocycles. The van der Waals surface area contributed by atoms with E-state index in [0.29, 0.717) is 42.7 Å². The van der Waals surface area contributed by atoms with Gasteiger partial charge in [0.2, 0.25) is 18.6 Å². The van der Waals surface area contributed by atoms with E-state index in [1.807, 2.05) is 30.3 Å². The first-order chi connectivity index (χ1) is 17.0. The van der Waals surface area contributed by atoms with Crippen LogP contribution < -0.4 is 24.4 Å². The van der Waals surface area contributed by atoms with E-state index in [-0.39, 0.29) is 38.2 Å². The van der Waals surface area contributed by atoms with E-state index in [2.05, 4.69) is 11.9 Å². The van der Waals surface area contributed by atoms with Crippen LogP contribution in [0.25, 0.3) is 0 Å². The Kier molecular flexibility index (Phi) is 9.94. The number of rotatable bonds is 14. The fraction of sp³-hybridized carbons (Fsp3) is 0.385. The summed E-state index contributed by atoms with van der Waals surface area (Å²) >= 11 is 0. The third kappa shape index (κ3) is 7.73. The summed E-state index contributed by atoms with van der Waals surface area (Å²) in [6.07, 6.45) is 2.41. The van der Waals surface area contributed by atoms with E-state index in [1.54, 1.807) is 42.2 Å². The molecule has 0 radical (unpaired) electrons. The number of anilines is 1. The number of hydrogen-bond donors (Lipinski definition) is 1. The molecule has 1 aliphatic heterocycles. The van der Waals surface area contributed by atoms with Gasteiger partial charge in [0, 0.05) is 37.6 Å². The number of likely N-dealkylation sites (N-methyl/N-ethyl adjacent to an activating group) is 1. The maximum atomic E-state index is 13.5. The molecule has 1 N–H and O–H groups in total. The fourth-order valence-electron chi connectivity index (χ4n) is 3.59. The van der Waals surface area contributed by atoms with Crippen molar-refractivity contribution in [2.45, 2.75) is 13.0 Å². The van der Waals surface area contributed by atoms with Gasteiger partial charge in [0.25, 0.3) is 0 Å². The SMILES string of the molecule is C=CCOc1ccccc1CN(C(=O)CN(C)CC(=O)NCCCOC)c1ccc2c(c1)OCO2. The summed E-state index contributed by atoms with van der Waals surface area (Å²) in [7, 11) is 3.36. The molecule has 3 rings (SSSR count). The van der Waals surface area contributed by atoms with Crippen molar-refractivity contribution < 1.29 is 28.5 Å². The minimum Gasteiger partial charge on any atom is -0.489 e. The summed E-state index contributed by atoms with van der Waals surface area (Å²) < 4.78 is 21.7. The second-order valence-electron chi connectivity index (χ2n) is 8.09. The predicted octanol–water partition coefficient (Wildman–Crippen LogP) is 2.60. The first-order valence-electron chi connectivity index (χ1n) is 11.5. The van der Waals surface area contributed by atoms with Crippen LogP contribution in [0.5, 0.6) is 17.2 Å². The van der Waals surface area contributed by atoms with E-state index in [1.165, 1.54) is 0 Å². The lowest BCUT2D eigenvalue weighted by atomic mass is 10.1. The first kappa shape index (κ1) is 26.1. The van der Waals surface area contributed by atoms with Crippen molar-refractivity contribution in [2.75, 3.05) is 58.7 Å². The van der Waals surface area contributed by atoms with Gasteiger partial charge in [0.15, 0.2) is 11.5 Å². The van der Waals surface area contributed by atoms with Gasteiger partial charge in [-0.1, -0.05) is 30.9 Å². The third-order valence-corrected chi connectivity index (χ3v) is 5.29. The maximum Gasteiger partial charge on any atom is 0.241 e. The van der Waals surface area contributed by atoms with E-state index in [0.717, 1.165) is 12.0 Å². The summed E-state index contributed by atoms with van der Waals surface area (Å²) in [6.45, 7) is 5.75. The zero-order valence-corrected chi connectivity index (χ0v) is 20.3. The highest BCUT2D eigenvalue weighted by Crippen LogP contribution is 2.36. The highest BCUT2D eigenvalue weighted by molar-refractivity contribution is 5.95. The van der Waals surface area contributed by atoms with Crippen LogP contribution in [0.4, 0.5) is 5.69 Å². The highest BCUT2D eigenvalue weighted by Gasteiger charge is 2.23. The number of benzene rings is 2. The minimum absolute atomic E-state index is 0.0512. The van der Waals surface area contributed by atoms with E-state index < -0.39 is 0 Å². The number of para-hydroxylation sites is 1. The topological polar surface area (TPSA) is 89.6 Å². The average molecular weight is 484 g/mol. The number of methoxy groups -OCH3 is 1. The van der Waals surface area contributed by atoms with Gasteiger partial charge in [-0.2, -0.15) is 0 Å². The van der Waals surface area contributed by atoms with Gasteiger partial charge < -0.3 is 29.2 Å². The van der Waals surface area contributed by atoms with Gasteiger partial charge >= 0.3 is 0 Å². The molecular formula is C26H33N3O6. The molecule has 188 valence electrons. The summed E-state index contributed by atoms with van der Waals surface area (Å²) in [6, 6.07) is 13.0. The van der Waals surface area contributed by atoms with Crippen LogP contribution in [0.2, 0.25) is 0 Å². The molecular weight excluding hydrogens is 450 g/mol. The van der Waals surface area contributed by atoms with Crippen LogP contribution in [0.3, 0.4) is 0 Å². The normalized spacial score (nSPS) is 11.9.